The third-order valence-electron chi connectivity index (χ3n) is 7.36. The third kappa shape index (κ3) is 4.48. The van der Waals surface area contributed by atoms with Crippen molar-refractivity contribution in [3.05, 3.63) is 51.5 Å². The smallest absolute Gasteiger partial charge is 0.147 e. The second kappa shape index (κ2) is 8.59. The summed E-state index contributed by atoms with van der Waals surface area (Å²) in [4.78, 5) is 0. The molecule has 1 radical (unpaired) electrons. The Balaban J connectivity index is 1.61. The number of nitrogens with one attached hydrogen (secondary N) is 2. The second-order valence-corrected chi connectivity index (χ2v) is 11.1. The van der Waals surface area contributed by atoms with Gasteiger partial charge in [-0.1, -0.05) is 56.5 Å². The fourth-order valence-electron chi connectivity index (χ4n) is 4.96. The van der Waals surface area contributed by atoms with E-state index < -0.39 is 11.6 Å². The fraction of sp³-hybridized carbons (Fsp3) is 0.560. The summed E-state index contributed by atoms with van der Waals surface area (Å²) in [6, 6.07) is 3.20. The molecule has 4 atom stereocenters. The first-order valence-electron chi connectivity index (χ1n) is 11.2. The number of rotatable bonds is 5. The fourth-order valence-corrected chi connectivity index (χ4v) is 5.52. The average molecular weight is 468 g/mol. The van der Waals surface area contributed by atoms with Gasteiger partial charge in [-0.15, -0.1) is 0 Å². The van der Waals surface area contributed by atoms with E-state index in [0.29, 0.717) is 35.2 Å². The van der Waals surface area contributed by atoms with E-state index in [1.54, 1.807) is 0 Å². The molecule has 0 saturated heterocycles. The predicted molar refractivity (Wildman–Crippen MR) is 126 cm³/mol. The van der Waals surface area contributed by atoms with Crippen LogP contribution in [0.3, 0.4) is 0 Å². The summed E-state index contributed by atoms with van der Waals surface area (Å²) in [7, 11) is 0. The van der Waals surface area contributed by atoms with Gasteiger partial charge in [0.25, 0.3) is 0 Å². The zero-order valence-corrected chi connectivity index (χ0v) is 20.1. The van der Waals surface area contributed by atoms with Gasteiger partial charge in [-0.25, -0.2) is 8.78 Å². The van der Waals surface area contributed by atoms with E-state index in [1.165, 1.54) is 31.4 Å². The van der Waals surface area contributed by atoms with Crippen LogP contribution in [-0.4, -0.2) is 12.1 Å². The first-order chi connectivity index (χ1) is 14.6. The van der Waals surface area contributed by atoms with Gasteiger partial charge < -0.3 is 10.6 Å². The Kier molecular flexibility index (Phi) is 6.35. The van der Waals surface area contributed by atoms with Gasteiger partial charge in [0.15, 0.2) is 0 Å². The van der Waals surface area contributed by atoms with Crippen molar-refractivity contribution in [3.8, 4) is 0 Å². The summed E-state index contributed by atoms with van der Waals surface area (Å²) < 4.78 is 29.9. The molecule has 4 rings (SSSR count). The number of halogens is 4. The highest BCUT2D eigenvalue weighted by molar-refractivity contribution is 6.36. The molecule has 31 heavy (non-hydrogen) atoms. The summed E-state index contributed by atoms with van der Waals surface area (Å²) in [5, 5.41) is 6.94. The first kappa shape index (κ1) is 22.9. The highest BCUT2D eigenvalue weighted by Gasteiger charge is 2.40. The Morgan fingerprint density at radius 3 is 2.45 bits per heavy atom. The maximum atomic E-state index is 15.4. The van der Waals surface area contributed by atoms with Crippen LogP contribution in [0, 0.1) is 29.5 Å². The molecule has 2 fully saturated rings. The lowest BCUT2D eigenvalue weighted by Gasteiger charge is -2.30. The molecule has 3 aliphatic rings. The number of allylic oxidation sites excluding steroid dienone is 4. The van der Waals surface area contributed by atoms with Crippen molar-refractivity contribution in [3.63, 3.8) is 0 Å². The molecule has 6 heteroatoms. The van der Waals surface area contributed by atoms with Gasteiger partial charge in [-0.3, -0.25) is 0 Å². The zero-order valence-electron chi connectivity index (χ0n) is 18.6. The summed E-state index contributed by atoms with van der Waals surface area (Å²) in [5.41, 5.74) is 1.63. The minimum Gasteiger partial charge on any atom is -0.384 e. The van der Waals surface area contributed by atoms with E-state index in [9.17, 15) is 4.39 Å². The third-order valence-corrected chi connectivity index (χ3v) is 8.12. The monoisotopic (exact) mass is 467 g/mol. The normalized spacial score (nSPS) is 27.2. The molecule has 0 heterocycles. The van der Waals surface area contributed by atoms with Crippen LogP contribution in [-0.2, 0) is 0 Å². The molecule has 2 nitrogen and oxygen atoms in total. The van der Waals surface area contributed by atoms with Crippen molar-refractivity contribution >= 4 is 34.5 Å². The van der Waals surface area contributed by atoms with E-state index in [0.717, 1.165) is 12.3 Å². The lowest BCUT2D eigenvalue weighted by molar-refractivity contribution is 0.358. The predicted octanol–water partition coefficient (Wildman–Crippen LogP) is 7.84. The van der Waals surface area contributed by atoms with Gasteiger partial charge in [-0.2, -0.15) is 0 Å². The highest BCUT2D eigenvalue weighted by atomic mass is 35.5. The van der Waals surface area contributed by atoms with Gasteiger partial charge in [-0.05, 0) is 61.5 Å². The second-order valence-electron chi connectivity index (χ2n) is 10.4. The van der Waals surface area contributed by atoms with Gasteiger partial charge in [0.1, 0.15) is 11.6 Å². The van der Waals surface area contributed by atoms with Crippen LogP contribution in [0.25, 0.3) is 5.57 Å². The minimum atomic E-state index is -0.488. The molecule has 0 amide bonds. The Morgan fingerprint density at radius 1 is 1.10 bits per heavy atom. The standard InChI is InChI=1S/C25H31Cl2F2N2/c1-13(25(2,3)4)30-24-18(28)9-7-16(21(24)26)17-8-10-19(22(27)23(17)29)31-20-12-14-5-6-15(20)11-14/h7,9-10,13-15,20,30-31H,5-6,8,11-12H2,1-4H3. The van der Waals surface area contributed by atoms with E-state index in [4.69, 9.17) is 23.2 Å². The largest absolute Gasteiger partial charge is 0.384 e. The highest BCUT2D eigenvalue weighted by Crippen LogP contribution is 2.47. The average Bonchev–Trinajstić information content (AvgIpc) is 3.32. The lowest BCUT2D eigenvalue weighted by atomic mass is 9.87. The van der Waals surface area contributed by atoms with E-state index in [2.05, 4.69) is 31.4 Å². The summed E-state index contributed by atoms with van der Waals surface area (Å²) in [5.74, 6) is 0.513. The van der Waals surface area contributed by atoms with Crippen LogP contribution in [0.1, 0.15) is 65.4 Å². The SMILES string of the molecule is CC(Nc1c(F)ccc(C2=C(F)C(Cl)=C(NC3CC4CCC3C4)[CH]C2)c1Cl)C(C)(C)C. The molecule has 0 spiro atoms. The van der Waals surface area contributed by atoms with Crippen LogP contribution < -0.4 is 10.6 Å². The molecule has 2 bridgehead atoms. The Morgan fingerprint density at radius 2 is 1.84 bits per heavy atom. The number of fused-ring (bicyclic) bond motifs is 2. The molecule has 1 aromatic carbocycles. The van der Waals surface area contributed by atoms with Crippen molar-refractivity contribution in [2.24, 2.45) is 17.3 Å². The van der Waals surface area contributed by atoms with Gasteiger partial charge in [0.2, 0.25) is 0 Å². The van der Waals surface area contributed by atoms with Crippen LogP contribution in [0.4, 0.5) is 14.5 Å². The van der Waals surface area contributed by atoms with Crippen LogP contribution in [0.5, 0.6) is 0 Å². The van der Waals surface area contributed by atoms with Gasteiger partial charge in [0, 0.05) is 29.8 Å². The number of hydrogen-bond donors (Lipinski definition) is 2. The molecule has 2 N–H and O–H groups in total. The van der Waals surface area contributed by atoms with E-state index >= 15 is 4.39 Å². The summed E-state index contributed by atoms with van der Waals surface area (Å²) in [6.07, 6.45) is 7.23. The number of benzene rings is 1. The summed E-state index contributed by atoms with van der Waals surface area (Å²) >= 11 is 13.0. The van der Waals surface area contributed by atoms with Crippen molar-refractivity contribution in [2.75, 3.05) is 5.32 Å². The van der Waals surface area contributed by atoms with E-state index in [1.807, 2.05) is 13.3 Å². The van der Waals surface area contributed by atoms with Crippen LogP contribution in [0.15, 0.2) is 28.7 Å². The van der Waals surface area contributed by atoms with Crippen molar-refractivity contribution in [1.82, 2.24) is 5.32 Å². The molecule has 2 saturated carbocycles. The van der Waals surface area contributed by atoms with Crippen LogP contribution in [0.2, 0.25) is 5.02 Å². The maximum Gasteiger partial charge on any atom is 0.147 e. The molecule has 1 aromatic rings. The molecule has 0 aromatic heterocycles. The van der Waals surface area contributed by atoms with Crippen LogP contribution >= 0.6 is 23.2 Å². The van der Waals surface area contributed by atoms with Crippen molar-refractivity contribution < 1.29 is 8.78 Å². The first-order valence-corrected chi connectivity index (χ1v) is 11.9. The quantitative estimate of drug-likeness (QED) is 0.460. The Labute approximate surface area is 194 Å². The topological polar surface area (TPSA) is 24.1 Å². The molecule has 3 aliphatic carbocycles. The van der Waals surface area contributed by atoms with Crippen molar-refractivity contribution in [1.29, 1.82) is 0 Å². The summed E-state index contributed by atoms with van der Waals surface area (Å²) in [6.45, 7) is 8.17. The number of anilines is 1. The zero-order chi connectivity index (χ0) is 22.5. The number of hydrogen-bond acceptors (Lipinski definition) is 2. The molecule has 0 aliphatic heterocycles. The van der Waals surface area contributed by atoms with E-state index in [-0.39, 0.29) is 27.2 Å². The molecule has 4 unspecified atom stereocenters. The van der Waals surface area contributed by atoms with Crippen molar-refractivity contribution in [2.45, 2.75) is 71.9 Å². The molecular weight excluding hydrogens is 437 g/mol. The lowest BCUT2D eigenvalue weighted by Crippen LogP contribution is -2.34. The van der Waals surface area contributed by atoms with Gasteiger partial charge in [0.05, 0.1) is 15.7 Å². The Hall–Kier alpha value is -1.26. The maximum absolute atomic E-state index is 15.4. The molecular formula is C25H31Cl2F2N2. The Bertz CT molecular complexity index is 932. The minimum absolute atomic E-state index is 0.0347. The molecule has 169 valence electrons. The van der Waals surface area contributed by atoms with Gasteiger partial charge >= 0.3 is 0 Å².